The maximum absolute atomic E-state index is 10.8. The van der Waals surface area contributed by atoms with Gasteiger partial charge >= 0.3 is 5.97 Å². The van der Waals surface area contributed by atoms with Gasteiger partial charge in [0.05, 0.1) is 6.42 Å². The molecule has 3 nitrogen and oxygen atoms in total. The van der Waals surface area contributed by atoms with E-state index in [9.17, 15) is 4.79 Å². The second-order valence-corrected chi connectivity index (χ2v) is 5.06. The van der Waals surface area contributed by atoms with Gasteiger partial charge in [0.25, 0.3) is 0 Å². The predicted molar refractivity (Wildman–Crippen MR) is 85.7 cm³/mol. The summed E-state index contributed by atoms with van der Waals surface area (Å²) in [5.41, 5.74) is 2.41. The summed E-state index contributed by atoms with van der Waals surface area (Å²) in [6, 6.07) is 20.4. The molecule has 21 heavy (non-hydrogen) atoms. The number of carbonyl (C=O) groups is 1. The molecule has 0 radical (unpaired) electrons. The van der Waals surface area contributed by atoms with E-state index in [-0.39, 0.29) is 6.42 Å². The van der Waals surface area contributed by atoms with E-state index >= 15 is 0 Å². The van der Waals surface area contributed by atoms with Crippen LogP contribution in [-0.4, -0.2) is 24.2 Å². The van der Waals surface area contributed by atoms with E-state index in [0.717, 1.165) is 25.1 Å². The molecule has 0 aliphatic heterocycles. The Morgan fingerprint density at radius 3 is 2.14 bits per heavy atom. The Labute approximate surface area is 125 Å². The van der Waals surface area contributed by atoms with Crippen LogP contribution in [0.15, 0.2) is 60.7 Å². The summed E-state index contributed by atoms with van der Waals surface area (Å²) in [4.78, 5) is 13.0. The number of carboxylic acids is 1. The van der Waals surface area contributed by atoms with Crippen LogP contribution in [0.25, 0.3) is 0 Å². The molecule has 2 aromatic rings. The van der Waals surface area contributed by atoms with Gasteiger partial charge in [0.2, 0.25) is 0 Å². The first-order valence-electron chi connectivity index (χ1n) is 7.31. The summed E-state index contributed by atoms with van der Waals surface area (Å²) in [7, 11) is 0. The number of hydrogen-bond donors (Lipinski definition) is 1. The molecule has 0 fully saturated rings. The van der Waals surface area contributed by atoms with E-state index in [2.05, 4.69) is 29.2 Å². The molecule has 0 heterocycles. The van der Waals surface area contributed by atoms with Crippen molar-refractivity contribution in [2.24, 2.45) is 0 Å². The maximum Gasteiger partial charge on any atom is 0.305 e. The number of hydrogen-bond acceptors (Lipinski definition) is 2. The highest BCUT2D eigenvalue weighted by Gasteiger charge is 2.08. The van der Waals surface area contributed by atoms with Gasteiger partial charge < -0.3 is 10.0 Å². The monoisotopic (exact) mass is 283 g/mol. The Kier molecular flexibility index (Phi) is 5.83. The van der Waals surface area contributed by atoms with Crippen LogP contribution >= 0.6 is 0 Å². The molecule has 0 spiro atoms. The average molecular weight is 283 g/mol. The molecular formula is C18H21NO2. The molecule has 0 amide bonds. The molecule has 0 unspecified atom stereocenters. The summed E-state index contributed by atoms with van der Waals surface area (Å²) in [6.45, 7) is 1.42. The molecule has 0 bridgehead atoms. The van der Waals surface area contributed by atoms with Crippen molar-refractivity contribution in [2.45, 2.75) is 19.3 Å². The number of aliphatic carboxylic acids is 1. The largest absolute Gasteiger partial charge is 0.481 e. The lowest BCUT2D eigenvalue weighted by Gasteiger charge is -2.24. The minimum atomic E-state index is -0.751. The van der Waals surface area contributed by atoms with Gasteiger partial charge in [0.15, 0.2) is 0 Å². The second kappa shape index (κ2) is 8.10. The van der Waals surface area contributed by atoms with Crippen molar-refractivity contribution >= 4 is 11.7 Å². The highest BCUT2D eigenvalue weighted by molar-refractivity contribution is 5.67. The fourth-order valence-electron chi connectivity index (χ4n) is 2.36. The molecule has 110 valence electrons. The summed E-state index contributed by atoms with van der Waals surface area (Å²) < 4.78 is 0. The Morgan fingerprint density at radius 2 is 1.52 bits per heavy atom. The minimum absolute atomic E-state index is 0.167. The summed E-state index contributed by atoms with van der Waals surface area (Å²) in [5.74, 6) is -0.751. The molecule has 2 rings (SSSR count). The van der Waals surface area contributed by atoms with E-state index < -0.39 is 5.97 Å². The standard InChI is InChI=1S/C18H21NO2/c20-18(21)13-15-19(17-11-5-2-6-12-17)14-7-10-16-8-3-1-4-9-16/h1-6,8-9,11-12H,7,10,13-15H2,(H,20,21). The van der Waals surface area contributed by atoms with Crippen molar-refractivity contribution in [3.63, 3.8) is 0 Å². The third-order valence-electron chi connectivity index (χ3n) is 3.45. The average Bonchev–Trinajstić information content (AvgIpc) is 2.52. The van der Waals surface area contributed by atoms with Crippen molar-refractivity contribution < 1.29 is 9.90 Å². The summed E-state index contributed by atoms with van der Waals surface area (Å²) >= 11 is 0. The van der Waals surface area contributed by atoms with Gasteiger partial charge in [0.1, 0.15) is 0 Å². The molecule has 0 aliphatic carbocycles. The van der Waals surface area contributed by atoms with Gasteiger partial charge in [-0.25, -0.2) is 0 Å². The van der Waals surface area contributed by atoms with Crippen LogP contribution in [0.3, 0.4) is 0 Å². The van der Waals surface area contributed by atoms with E-state index in [1.807, 2.05) is 36.4 Å². The van der Waals surface area contributed by atoms with Crippen molar-refractivity contribution in [2.75, 3.05) is 18.0 Å². The molecule has 0 saturated carbocycles. The third kappa shape index (κ3) is 5.30. The van der Waals surface area contributed by atoms with Crippen molar-refractivity contribution in [3.05, 3.63) is 66.2 Å². The predicted octanol–water partition coefficient (Wildman–Crippen LogP) is 3.60. The lowest BCUT2D eigenvalue weighted by molar-refractivity contribution is -0.136. The van der Waals surface area contributed by atoms with Gasteiger partial charge in [-0.3, -0.25) is 4.79 Å². The van der Waals surface area contributed by atoms with Crippen molar-refractivity contribution in [1.29, 1.82) is 0 Å². The molecule has 3 heteroatoms. The fourth-order valence-corrected chi connectivity index (χ4v) is 2.36. The van der Waals surface area contributed by atoms with Gasteiger partial charge in [-0.2, -0.15) is 0 Å². The number of anilines is 1. The van der Waals surface area contributed by atoms with Gasteiger partial charge in [0, 0.05) is 18.8 Å². The van der Waals surface area contributed by atoms with Crippen molar-refractivity contribution in [1.82, 2.24) is 0 Å². The molecular weight excluding hydrogens is 262 g/mol. The topological polar surface area (TPSA) is 40.5 Å². The van der Waals surface area contributed by atoms with Crippen LogP contribution in [-0.2, 0) is 11.2 Å². The lowest BCUT2D eigenvalue weighted by atomic mass is 10.1. The summed E-state index contributed by atoms with van der Waals surface area (Å²) in [6.07, 6.45) is 2.19. The van der Waals surface area contributed by atoms with Crippen LogP contribution in [0.1, 0.15) is 18.4 Å². The Balaban J connectivity index is 1.91. The quantitative estimate of drug-likeness (QED) is 0.804. The molecule has 0 aromatic heterocycles. The molecule has 0 saturated heterocycles. The number of para-hydroxylation sites is 1. The molecule has 1 N–H and O–H groups in total. The van der Waals surface area contributed by atoms with Crippen LogP contribution in [0.5, 0.6) is 0 Å². The number of rotatable bonds is 8. The number of benzene rings is 2. The van der Waals surface area contributed by atoms with Crippen LogP contribution in [0, 0.1) is 0 Å². The van der Waals surface area contributed by atoms with Crippen LogP contribution in [0.4, 0.5) is 5.69 Å². The van der Waals surface area contributed by atoms with Crippen molar-refractivity contribution in [3.8, 4) is 0 Å². The van der Waals surface area contributed by atoms with Crippen LogP contribution in [0.2, 0.25) is 0 Å². The highest BCUT2D eigenvalue weighted by atomic mass is 16.4. The number of nitrogens with zero attached hydrogens (tertiary/aromatic N) is 1. The molecule has 2 aromatic carbocycles. The Morgan fingerprint density at radius 1 is 0.905 bits per heavy atom. The zero-order chi connectivity index (χ0) is 14.9. The Bertz CT molecular complexity index is 540. The normalized spacial score (nSPS) is 10.3. The first-order valence-corrected chi connectivity index (χ1v) is 7.31. The smallest absolute Gasteiger partial charge is 0.305 e. The van der Waals surface area contributed by atoms with Crippen LogP contribution < -0.4 is 4.90 Å². The van der Waals surface area contributed by atoms with Gasteiger partial charge in [-0.05, 0) is 30.5 Å². The van der Waals surface area contributed by atoms with E-state index in [1.54, 1.807) is 0 Å². The van der Waals surface area contributed by atoms with E-state index in [4.69, 9.17) is 5.11 Å². The third-order valence-corrected chi connectivity index (χ3v) is 3.45. The molecule has 0 atom stereocenters. The van der Waals surface area contributed by atoms with E-state index in [1.165, 1.54) is 5.56 Å². The maximum atomic E-state index is 10.8. The first-order chi connectivity index (χ1) is 10.3. The van der Waals surface area contributed by atoms with Gasteiger partial charge in [-0.1, -0.05) is 48.5 Å². The number of aryl methyl sites for hydroxylation is 1. The zero-order valence-electron chi connectivity index (χ0n) is 12.1. The molecule has 0 aliphatic rings. The minimum Gasteiger partial charge on any atom is -0.481 e. The fraction of sp³-hybridized carbons (Fsp3) is 0.278. The second-order valence-electron chi connectivity index (χ2n) is 5.06. The van der Waals surface area contributed by atoms with E-state index in [0.29, 0.717) is 6.54 Å². The van der Waals surface area contributed by atoms with Gasteiger partial charge in [-0.15, -0.1) is 0 Å². The summed E-state index contributed by atoms with van der Waals surface area (Å²) in [5, 5.41) is 8.89. The lowest BCUT2D eigenvalue weighted by Crippen LogP contribution is -2.27. The Hall–Kier alpha value is -2.29. The number of carboxylic acid groups (broad SMARTS) is 1. The zero-order valence-corrected chi connectivity index (χ0v) is 12.1. The SMILES string of the molecule is O=C(O)CCN(CCCc1ccccc1)c1ccccc1. The highest BCUT2D eigenvalue weighted by Crippen LogP contribution is 2.15. The first kappa shape index (κ1) is 15.1.